The van der Waals surface area contributed by atoms with Crippen molar-refractivity contribution >= 4 is 176 Å². The quantitative estimate of drug-likeness (QED) is 0.152. The summed E-state index contributed by atoms with van der Waals surface area (Å²) < 4.78 is 18.8. The normalized spacial score (nSPS) is 12.6. The van der Waals surface area contributed by atoms with Crippen LogP contribution >= 0.6 is 0 Å². The van der Waals surface area contributed by atoms with Crippen molar-refractivity contribution in [3.05, 3.63) is 254 Å². The summed E-state index contributed by atoms with van der Waals surface area (Å²) in [5.74, 6) is 0.852. The van der Waals surface area contributed by atoms with Gasteiger partial charge in [-0.2, -0.15) is 0 Å². The second kappa shape index (κ2) is 17.4. The molecule has 0 saturated carbocycles. The van der Waals surface area contributed by atoms with Crippen LogP contribution in [0.4, 0.5) is 34.1 Å². The highest BCUT2D eigenvalue weighted by Crippen LogP contribution is 2.48. The third-order valence-electron chi connectivity index (χ3n) is 19.0. The number of anilines is 6. The number of hydrogen-bond acceptors (Lipinski definition) is 4. The third-order valence-corrected chi connectivity index (χ3v) is 19.0. The second-order valence-electron chi connectivity index (χ2n) is 24.5. The Labute approximate surface area is 493 Å². The van der Waals surface area contributed by atoms with E-state index in [-0.39, 0.29) is 0 Å². The van der Waals surface area contributed by atoms with E-state index in [9.17, 15) is 0 Å². The molecule has 6 nitrogen and oxygen atoms in total. The van der Waals surface area contributed by atoms with Gasteiger partial charge >= 0.3 is 0 Å². The Balaban J connectivity index is 0.727. The number of rotatable bonds is 8. The highest BCUT2D eigenvalue weighted by atomic mass is 16.3. The summed E-state index contributed by atoms with van der Waals surface area (Å²) in [5.41, 5.74) is 20.0. The smallest absolute Gasteiger partial charge is 0.147 e. The molecule has 406 valence electrons. The number of hydrogen-bond donors (Lipinski definition) is 0. The van der Waals surface area contributed by atoms with Gasteiger partial charge in [0.2, 0.25) is 0 Å². The van der Waals surface area contributed by atoms with Crippen molar-refractivity contribution in [2.24, 2.45) is 0 Å². The molecular formula is C80H54N4O2. The van der Waals surface area contributed by atoms with Gasteiger partial charge in [0.05, 0.1) is 38.5 Å². The van der Waals surface area contributed by atoms with Crippen LogP contribution in [0.3, 0.4) is 0 Å². The topological polar surface area (TPSA) is 41.6 Å². The molecule has 6 heteroatoms. The van der Waals surface area contributed by atoms with Crippen molar-refractivity contribution < 1.29 is 8.83 Å². The van der Waals surface area contributed by atoms with Crippen LogP contribution in [0.15, 0.2) is 251 Å². The zero-order valence-electron chi connectivity index (χ0n) is 47.9. The minimum atomic E-state index is 0.426. The van der Waals surface area contributed by atoms with Crippen LogP contribution in [-0.4, -0.2) is 8.80 Å². The SMILES string of the molecule is CC(C)c1ccc(N(c2ccc3cc4c(cc3c2)oc2c4ccc3oc4cc5cc(N(c6ccc(C(C)C)cc6)c6ccc7c(c6)c6cccc8c9ccccc9n7c86)ccc5cc4c32)c2ccc3c(c2)c2cccc4c5ccccc5n3c42)cc1. The number of benzene rings is 13. The van der Waals surface area contributed by atoms with Gasteiger partial charge < -0.3 is 27.4 Å². The molecule has 6 heterocycles. The van der Waals surface area contributed by atoms with E-state index in [1.54, 1.807) is 0 Å². The molecule has 86 heavy (non-hydrogen) atoms. The molecule has 6 aromatic heterocycles. The Morgan fingerprint density at radius 2 is 0.698 bits per heavy atom. The molecule has 0 saturated heterocycles. The van der Waals surface area contributed by atoms with Gasteiger partial charge in [0.25, 0.3) is 0 Å². The second-order valence-corrected chi connectivity index (χ2v) is 24.5. The minimum absolute atomic E-state index is 0.426. The van der Waals surface area contributed by atoms with E-state index >= 15 is 0 Å². The molecule has 0 radical (unpaired) electrons. The van der Waals surface area contributed by atoms with Crippen molar-refractivity contribution in [2.75, 3.05) is 9.80 Å². The first-order valence-corrected chi connectivity index (χ1v) is 30.1. The molecule has 19 aromatic rings. The molecule has 0 spiro atoms. The highest BCUT2D eigenvalue weighted by molar-refractivity contribution is 6.27. The zero-order chi connectivity index (χ0) is 56.8. The Kier molecular flexibility index (Phi) is 9.63. The summed E-state index contributed by atoms with van der Waals surface area (Å²) in [5, 5.41) is 18.8. The first-order chi connectivity index (χ1) is 42.3. The summed E-state index contributed by atoms with van der Waals surface area (Å²) in [7, 11) is 0. The van der Waals surface area contributed by atoms with Crippen LogP contribution in [0.5, 0.6) is 0 Å². The van der Waals surface area contributed by atoms with Gasteiger partial charge in [-0.3, -0.25) is 0 Å². The molecule has 0 atom stereocenters. The standard InChI is InChI=1S/C80H54N4O2/c1-45(2)47-19-25-53(26-20-47)81(57-31-34-72-66(43-57)63-15-9-13-61-59-11-5-7-17-70(59)83(72)78(61)63)55-29-23-49-39-68-65-33-36-74-77(80(65)86-75(68)41-51(49)37-55)69-40-50-24-30-56(38-52(50)42-76(69)85-74)82(54-27-21-48(22-28-54)46(3)4)58-32-35-73-67(44-58)64-16-10-14-62-60-12-6-8-18-71(60)84(73)79(62)64/h5-46H,1-4H3. The number of aromatic nitrogens is 2. The first-order valence-electron chi connectivity index (χ1n) is 30.1. The maximum atomic E-state index is 7.06. The molecule has 0 fully saturated rings. The van der Waals surface area contributed by atoms with E-state index in [4.69, 9.17) is 8.83 Å². The lowest BCUT2D eigenvalue weighted by molar-refractivity contribution is 0.663. The molecule has 0 N–H and O–H groups in total. The van der Waals surface area contributed by atoms with Crippen molar-refractivity contribution in [1.29, 1.82) is 0 Å². The number of nitrogens with zero attached hydrogens (tertiary/aromatic N) is 4. The van der Waals surface area contributed by atoms with E-state index in [0.717, 1.165) is 99.5 Å². The van der Waals surface area contributed by atoms with Crippen LogP contribution in [0.1, 0.15) is 50.7 Å². The Morgan fingerprint density at radius 3 is 1.21 bits per heavy atom. The lowest BCUT2D eigenvalue weighted by Gasteiger charge is -2.26. The van der Waals surface area contributed by atoms with Crippen LogP contribution in [0.25, 0.3) is 142 Å². The molecule has 0 amide bonds. The number of fused-ring (bicyclic) bond motifs is 21. The largest absolute Gasteiger partial charge is 0.456 e. The molecule has 0 unspecified atom stereocenters. The lowest BCUT2D eigenvalue weighted by Crippen LogP contribution is -2.10. The molecule has 0 aliphatic heterocycles. The Bertz CT molecular complexity index is 6030. The van der Waals surface area contributed by atoms with Crippen LogP contribution in [0.2, 0.25) is 0 Å². The van der Waals surface area contributed by atoms with Crippen LogP contribution in [0, 0.1) is 0 Å². The molecule has 0 aliphatic rings. The van der Waals surface area contributed by atoms with E-state index < -0.39 is 0 Å². The van der Waals surface area contributed by atoms with E-state index in [0.29, 0.717) is 11.8 Å². The molecule has 0 bridgehead atoms. The summed E-state index contributed by atoms with van der Waals surface area (Å²) in [6.07, 6.45) is 0. The number of furan rings is 2. The van der Waals surface area contributed by atoms with Gasteiger partial charge in [-0.25, -0.2) is 0 Å². The highest BCUT2D eigenvalue weighted by Gasteiger charge is 2.24. The fourth-order valence-electron chi connectivity index (χ4n) is 14.9. The summed E-state index contributed by atoms with van der Waals surface area (Å²) >= 11 is 0. The number of para-hydroxylation sites is 4. The predicted octanol–water partition coefficient (Wildman–Crippen LogP) is 23.3. The van der Waals surface area contributed by atoms with Crippen molar-refractivity contribution in [3.63, 3.8) is 0 Å². The van der Waals surface area contributed by atoms with Gasteiger partial charge in [0, 0.05) is 93.4 Å². The van der Waals surface area contributed by atoms with Gasteiger partial charge in [0.1, 0.15) is 22.3 Å². The van der Waals surface area contributed by atoms with Crippen molar-refractivity contribution in [1.82, 2.24) is 8.80 Å². The Hall–Kier alpha value is -10.8. The van der Waals surface area contributed by atoms with Crippen LogP contribution < -0.4 is 9.80 Å². The summed E-state index contributed by atoms with van der Waals surface area (Å²) in [6, 6.07) is 90.1. The maximum Gasteiger partial charge on any atom is 0.147 e. The van der Waals surface area contributed by atoms with E-state index in [2.05, 4.69) is 289 Å². The van der Waals surface area contributed by atoms with Crippen LogP contribution in [-0.2, 0) is 0 Å². The summed E-state index contributed by atoms with van der Waals surface area (Å²) in [4.78, 5) is 4.81. The van der Waals surface area contributed by atoms with Crippen molar-refractivity contribution in [3.8, 4) is 0 Å². The fraction of sp³-hybridized carbons (Fsp3) is 0.0750. The first kappa shape index (κ1) is 47.6. The van der Waals surface area contributed by atoms with Gasteiger partial charge in [-0.15, -0.1) is 0 Å². The maximum absolute atomic E-state index is 7.06. The monoisotopic (exact) mass is 1100 g/mol. The molecular weight excluding hydrogens is 1050 g/mol. The third kappa shape index (κ3) is 6.61. The Morgan fingerprint density at radius 1 is 0.279 bits per heavy atom. The molecule has 0 aliphatic carbocycles. The fourth-order valence-corrected chi connectivity index (χ4v) is 14.9. The molecule has 19 rings (SSSR count). The molecule has 13 aromatic carbocycles. The van der Waals surface area contributed by atoms with E-state index in [1.165, 1.54) is 87.3 Å². The predicted molar refractivity (Wildman–Crippen MR) is 363 cm³/mol. The minimum Gasteiger partial charge on any atom is -0.456 e. The zero-order valence-corrected chi connectivity index (χ0v) is 47.9. The van der Waals surface area contributed by atoms with E-state index in [1.807, 2.05) is 0 Å². The summed E-state index contributed by atoms with van der Waals surface area (Å²) in [6.45, 7) is 9.01. The van der Waals surface area contributed by atoms with Gasteiger partial charge in [0.15, 0.2) is 0 Å². The van der Waals surface area contributed by atoms with Gasteiger partial charge in [-0.05, 0) is 178 Å². The van der Waals surface area contributed by atoms with Gasteiger partial charge in [-0.1, -0.05) is 137 Å². The average molecular weight is 1100 g/mol. The van der Waals surface area contributed by atoms with Crippen molar-refractivity contribution in [2.45, 2.75) is 39.5 Å². The average Bonchev–Trinajstić information content (AvgIpc) is 1.83. The lowest BCUT2D eigenvalue weighted by atomic mass is 10.0.